The Morgan fingerprint density at radius 1 is 1.44 bits per heavy atom. The van der Waals surface area contributed by atoms with Crippen LogP contribution in [0.2, 0.25) is 0 Å². The first-order valence-corrected chi connectivity index (χ1v) is 5.14. The zero-order valence-electron chi connectivity index (χ0n) is 8.43. The Labute approximate surface area is 106 Å². The normalized spacial score (nSPS) is 11.4. The molecule has 1 rings (SSSR count). The van der Waals surface area contributed by atoms with E-state index >= 15 is 0 Å². The average molecular weight is 331 g/mol. The van der Waals surface area contributed by atoms with Crippen molar-refractivity contribution in [3.05, 3.63) is 21.9 Å². The van der Waals surface area contributed by atoms with E-state index in [0.717, 1.165) is 0 Å². The Morgan fingerprint density at radius 2 is 2.06 bits per heavy atom. The van der Waals surface area contributed by atoms with E-state index in [0.29, 0.717) is 6.07 Å². The Kier molecular flexibility index (Phi) is 4.45. The predicted octanol–water partition coefficient (Wildman–Crippen LogP) is 3.75. The van der Waals surface area contributed by atoms with Gasteiger partial charge in [-0.15, -0.1) is 13.2 Å². The molecule has 0 saturated heterocycles. The summed E-state index contributed by atoms with van der Waals surface area (Å²) in [6.45, 7) is 0. The van der Waals surface area contributed by atoms with Crippen LogP contribution in [0.5, 0.6) is 5.75 Å². The van der Waals surface area contributed by atoms with Gasteiger partial charge in [0.05, 0.1) is 12.5 Å². The van der Waals surface area contributed by atoms with E-state index in [4.69, 9.17) is 5.26 Å². The zero-order valence-corrected chi connectivity index (χ0v) is 10.0. The molecule has 0 amide bonds. The summed E-state index contributed by atoms with van der Waals surface area (Å²) >= 11 is 2.61. The summed E-state index contributed by atoms with van der Waals surface area (Å²) in [6.07, 6.45) is -8.47. The smallest absolute Gasteiger partial charge is 0.403 e. The second-order valence-electron chi connectivity index (χ2n) is 3.01. The molecule has 0 radical (unpaired) electrons. The first-order chi connectivity index (χ1) is 8.24. The maximum absolute atomic E-state index is 12.4. The Hall–Kier alpha value is -1.43. The van der Waals surface area contributed by atoms with Gasteiger partial charge in [0.2, 0.25) is 0 Å². The van der Waals surface area contributed by atoms with Crippen molar-refractivity contribution >= 4 is 15.9 Å². The first kappa shape index (κ1) is 14.6. The van der Waals surface area contributed by atoms with Gasteiger partial charge in [-0.25, -0.2) is 13.8 Å². The summed E-state index contributed by atoms with van der Waals surface area (Å²) in [4.78, 5) is 3.23. The molecular formula is C9H4BrF5N2O. The van der Waals surface area contributed by atoms with Crippen molar-refractivity contribution in [1.82, 2.24) is 4.98 Å². The Bertz CT molecular complexity index is 483. The highest BCUT2D eigenvalue weighted by molar-refractivity contribution is 9.10. The fourth-order valence-corrected chi connectivity index (χ4v) is 1.66. The topological polar surface area (TPSA) is 45.9 Å². The Morgan fingerprint density at radius 3 is 2.50 bits per heavy atom. The van der Waals surface area contributed by atoms with E-state index in [2.05, 4.69) is 25.7 Å². The van der Waals surface area contributed by atoms with Gasteiger partial charge >= 0.3 is 6.36 Å². The number of hydrogen-bond donors (Lipinski definition) is 0. The molecule has 1 aromatic heterocycles. The monoisotopic (exact) mass is 330 g/mol. The van der Waals surface area contributed by atoms with Gasteiger partial charge in [0.15, 0.2) is 5.75 Å². The van der Waals surface area contributed by atoms with Crippen molar-refractivity contribution in [2.45, 2.75) is 19.2 Å². The van der Waals surface area contributed by atoms with Gasteiger partial charge < -0.3 is 4.74 Å². The maximum atomic E-state index is 12.4. The molecule has 9 heteroatoms. The minimum absolute atomic E-state index is 0.313. The standard InChI is InChI=1S/C9H4BrF5N2O/c10-7-6(18-9(13,14)15)4(1-2-16)3-5(17-7)8(11)12/h3,8H,1H2. The largest absolute Gasteiger partial charge is 0.573 e. The van der Waals surface area contributed by atoms with E-state index in [1.807, 2.05) is 0 Å². The average Bonchev–Trinajstić information content (AvgIpc) is 2.21. The number of pyridine rings is 1. The third kappa shape index (κ3) is 3.80. The van der Waals surface area contributed by atoms with E-state index in [9.17, 15) is 22.0 Å². The van der Waals surface area contributed by atoms with Crippen molar-refractivity contribution in [3.63, 3.8) is 0 Å². The van der Waals surface area contributed by atoms with Crippen molar-refractivity contribution in [2.24, 2.45) is 0 Å². The predicted molar refractivity (Wildman–Crippen MR) is 52.9 cm³/mol. The molecule has 98 valence electrons. The highest BCUT2D eigenvalue weighted by Crippen LogP contribution is 2.35. The van der Waals surface area contributed by atoms with Gasteiger partial charge in [-0.3, -0.25) is 0 Å². The number of ether oxygens (including phenoxy) is 1. The zero-order chi connectivity index (χ0) is 13.9. The number of nitriles is 1. The number of hydrogen-bond acceptors (Lipinski definition) is 3. The lowest BCUT2D eigenvalue weighted by Gasteiger charge is -2.14. The van der Waals surface area contributed by atoms with Crippen molar-refractivity contribution in [2.75, 3.05) is 0 Å². The fourth-order valence-electron chi connectivity index (χ4n) is 1.12. The highest BCUT2D eigenvalue weighted by Gasteiger charge is 2.34. The summed E-state index contributed by atoms with van der Waals surface area (Å²) in [5.41, 5.74) is -1.05. The summed E-state index contributed by atoms with van der Waals surface area (Å²) in [6, 6.07) is 2.27. The van der Waals surface area contributed by atoms with Gasteiger partial charge in [0.25, 0.3) is 6.43 Å². The molecule has 0 spiro atoms. The third-order valence-electron chi connectivity index (χ3n) is 1.74. The Balaban J connectivity index is 3.28. The lowest BCUT2D eigenvalue weighted by Crippen LogP contribution is -2.19. The minimum Gasteiger partial charge on any atom is -0.403 e. The molecule has 0 aromatic carbocycles. The van der Waals surface area contributed by atoms with Crippen molar-refractivity contribution in [3.8, 4) is 11.8 Å². The molecule has 0 aliphatic carbocycles. The van der Waals surface area contributed by atoms with Crippen LogP contribution >= 0.6 is 15.9 Å². The van der Waals surface area contributed by atoms with Gasteiger partial charge in [-0.1, -0.05) is 0 Å². The van der Waals surface area contributed by atoms with E-state index in [1.54, 1.807) is 6.07 Å². The molecule has 1 heterocycles. The molecule has 18 heavy (non-hydrogen) atoms. The van der Waals surface area contributed by atoms with Crippen LogP contribution in [0, 0.1) is 11.3 Å². The van der Waals surface area contributed by atoms with E-state index < -0.39 is 35.3 Å². The fraction of sp³-hybridized carbons (Fsp3) is 0.333. The third-order valence-corrected chi connectivity index (χ3v) is 2.28. The van der Waals surface area contributed by atoms with Crippen LogP contribution in [0.3, 0.4) is 0 Å². The number of rotatable bonds is 3. The minimum atomic E-state index is -5.00. The summed E-state index contributed by atoms with van der Waals surface area (Å²) in [7, 11) is 0. The van der Waals surface area contributed by atoms with Crippen molar-refractivity contribution < 1.29 is 26.7 Å². The summed E-state index contributed by atoms with van der Waals surface area (Å²) < 4.78 is 64.2. The molecule has 0 atom stereocenters. The molecule has 0 N–H and O–H groups in total. The molecule has 3 nitrogen and oxygen atoms in total. The van der Waals surface area contributed by atoms with E-state index in [1.165, 1.54) is 0 Å². The molecular weight excluding hydrogens is 327 g/mol. The lowest BCUT2D eigenvalue weighted by molar-refractivity contribution is -0.275. The SMILES string of the molecule is N#CCc1cc(C(F)F)nc(Br)c1OC(F)(F)F. The molecule has 1 aromatic rings. The van der Waals surface area contributed by atoms with Crippen LogP contribution in [0.1, 0.15) is 17.7 Å². The molecule has 0 saturated carbocycles. The molecule has 0 aliphatic rings. The number of halogens is 6. The summed E-state index contributed by atoms with van der Waals surface area (Å²) in [5, 5.41) is 8.45. The lowest BCUT2D eigenvalue weighted by atomic mass is 10.1. The van der Waals surface area contributed by atoms with Crippen LogP contribution in [0.4, 0.5) is 22.0 Å². The molecule has 0 fully saturated rings. The number of nitrogens with zero attached hydrogens (tertiary/aromatic N) is 2. The van der Waals surface area contributed by atoms with Gasteiger partial charge in [-0.05, 0) is 22.0 Å². The van der Waals surface area contributed by atoms with Crippen LogP contribution in [-0.4, -0.2) is 11.3 Å². The second-order valence-corrected chi connectivity index (χ2v) is 3.76. The molecule has 0 aliphatic heterocycles. The number of aromatic nitrogens is 1. The van der Waals surface area contributed by atoms with Crippen LogP contribution in [0.25, 0.3) is 0 Å². The van der Waals surface area contributed by atoms with Crippen LogP contribution < -0.4 is 4.74 Å². The van der Waals surface area contributed by atoms with Crippen LogP contribution in [0.15, 0.2) is 10.7 Å². The highest BCUT2D eigenvalue weighted by atomic mass is 79.9. The maximum Gasteiger partial charge on any atom is 0.573 e. The van der Waals surface area contributed by atoms with Gasteiger partial charge in [-0.2, -0.15) is 5.26 Å². The van der Waals surface area contributed by atoms with Crippen molar-refractivity contribution in [1.29, 1.82) is 5.26 Å². The quantitative estimate of drug-likeness (QED) is 0.626. The first-order valence-electron chi connectivity index (χ1n) is 4.34. The van der Waals surface area contributed by atoms with E-state index in [-0.39, 0.29) is 5.56 Å². The molecule has 0 bridgehead atoms. The number of alkyl halides is 5. The van der Waals surface area contributed by atoms with Gasteiger partial charge in [0.1, 0.15) is 10.3 Å². The molecule has 0 unspecified atom stereocenters. The summed E-state index contributed by atoms with van der Waals surface area (Å²) in [5.74, 6) is -0.784. The van der Waals surface area contributed by atoms with Crippen LogP contribution in [-0.2, 0) is 6.42 Å². The second kappa shape index (κ2) is 5.48. The van der Waals surface area contributed by atoms with Gasteiger partial charge in [0, 0.05) is 5.56 Å².